The molecule has 6 aromatic rings. The number of aryl methyl sites for hydroxylation is 2. The Balaban J connectivity index is 1.26. The Labute approximate surface area is 412 Å². The van der Waals surface area contributed by atoms with E-state index in [9.17, 15) is 25.2 Å². The van der Waals surface area contributed by atoms with Crippen molar-refractivity contribution >= 4 is 18.1 Å². The van der Waals surface area contributed by atoms with E-state index in [0.717, 1.165) is 61.5 Å². The highest BCUT2D eigenvalue weighted by molar-refractivity contribution is 5.80. The first-order chi connectivity index (χ1) is 33.9. The van der Waals surface area contributed by atoms with Gasteiger partial charge >= 0.3 is 5.97 Å². The molecule has 1 N–H and O–H groups in total. The van der Waals surface area contributed by atoms with Crippen molar-refractivity contribution in [2.45, 2.75) is 77.3 Å². The van der Waals surface area contributed by atoms with Crippen LogP contribution < -0.4 is 4.90 Å². The normalized spacial score (nSPS) is 20.8. The highest BCUT2D eigenvalue weighted by Gasteiger charge is 2.57. The van der Waals surface area contributed by atoms with Crippen molar-refractivity contribution in [2.75, 3.05) is 24.6 Å². The van der Waals surface area contributed by atoms with E-state index in [2.05, 4.69) is 171 Å². The Bertz CT molecular complexity index is 3150. The molecule has 4 unspecified atom stereocenters. The number of carbonyl (C=O) groups excluding carboxylic acids is 1. The number of allylic oxidation sites excluding steroid dienone is 5. The number of benzene rings is 6. The van der Waals surface area contributed by atoms with Crippen LogP contribution in [0, 0.1) is 41.9 Å². The standard InChI is InChI=1S/C62H58N4O4/c1-41-23-25-44(26-24-41)36-62(37-48-18-10-9-15-42(48)2)54-35-47(46-16-7-6-8-17-46)27-28-55(54)65(31-32-70-40-67)60(62)49(39-64)34-45(38-63)33-43(3)59-61(4,5)57-52-21-13-11-19-50(52)51-20-12-14-22-53(51)58(57)66(59)30-29-56(68)69/h6-28,33-35,40,57-59H,29-32,36-37H2,1-5H3,(H,68,69)/b43-33+,45-34-,60-49+. The number of ether oxygens (including phenoxy) is 1. The topological polar surface area (TPSA) is 118 Å². The Hall–Kier alpha value is -7.78. The third-order valence-electron chi connectivity index (χ3n) is 15.1. The number of anilines is 1. The minimum Gasteiger partial charge on any atom is -0.481 e. The van der Waals surface area contributed by atoms with Gasteiger partial charge in [0.05, 0.1) is 30.2 Å². The van der Waals surface area contributed by atoms with E-state index in [1.807, 2.05) is 37.3 Å². The van der Waals surface area contributed by atoms with E-state index in [-0.39, 0.29) is 37.6 Å². The van der Waals surface area contributed by atoms with Crippen LogP contribution in [0.5, 0.6) is 0 Å². The quantitative estimate of drug-likeness (QED) is 0.0468. The lowest BCUT2D eigenvalue weighted by molar-refractivity contribution is -0.137. The van der Waals surface area contributed by atoms with E-state index in [4.69, 9.17) is 4.74 Å². The van der Waals surface area contributed by atoms with Crippen LogP contribution in [0.25, 0.3) is 22.3 Å². The lowest BCUT2D eigenvalue weighted by atomic mass is 9.64. The lowest BCUT2D eigenvalue weighted by Gasteiger charge is -2.38. The third-order valence-corrected chi connectivity index (χ3v) is 15.1. The van der Waals surface area contributed by atoms with Crippen LogP contribution >= 0.6 is 0 Å². The van der Waals surface area contributed by atoms with Gasteiger partial charge in [0.2, 0.25) is 0 Å². The Kier molecular flexibility index (Phi) is 13.3. The molecule has 70 heavy (non-hydrogen) atoms. The summed E-state index contributed by atoms with van der Waals surface area (Å²) in [5.41, 5.74) is 14.2. The average Bonchev–Trinajstić information content (AvgIpc) is 3.77. The molecule has 0 aromatic heterocycles. The molecule has 1 aliphatic carbocycles. The Morgan fingerprint density at radius 1 is 0.757 bits per heavy atom. The molecule has 1 fully saturated rings. The van der Waals surface area contributed by atoms with Gasteiger partial charge in [0, 0.05) is 41.3 Å². The first-order valence-electron chi connectivity index (χ1n) is 24.1. The minimum atomic E-state index is -0.870. The van der Waals surface area contributed by atoms with Crippen molar-refractivity contribution in [3.05, 3.63) is 219 Å². The number of carboxylic acid groups (broad SMARTS) is 1. The number of nitriles is 2. The number of nitrogens with zero attached hydrogens (tertiary/aromatic N) is 4. The van der Waals surface area contributed by atoms with Gasteiger partial charge in [-0.25, -0.2) is 0 Å². The van der Waals surface area contributed by atoms with E-state index in [1.165, 1.54) is 16.7 Å². The summed E-state index contributed by atoms with van der Waals surface area (Å²) < 4.78 is 5.42. The molecule has 0 spiro atoms. The predicted molar refractivity (Wildman–Crippen MR) is 277 cm³/mol. The number of rotatable bonds is 15. The molecule has 3 aliphatic rings. The maximum absolute atomic E-state index is 12.3. The van der Waals surface area contributed by atoms with Crippen LogP contribution in [0.15, 0.2) is 180 Å². The zero-order chi connectivity index (χ0) is 49.2. The van der Waals surface area contributed by atoms with Crippen LogP contribution in [0.2, 0.25) is 0 Å². The number of carbonyl (C=O) groups is 2. The second-order valence-corrected chi connectivity index (χ2v) is 19.7. The number of hydrogen-bond donors (Lipinski definition) is 1. The van der Waals surface area contributed by atoms with E-state index in [0.29, 0.717) is 37.0 Å². The van der Waals surface area contributed by atoms with Crippen LogP contribution in [0.3, 0.4) is 0 Å². The number of likely N-dealkylation sites (tertiary alicyclic amines) is 1. The summed E-state index contributed by atoms with van der Waals surface area (Å²) in [5.74, 6) is -0.846. The summed E-state index contributed by atoms with van der Waals surface area (Å²) in [6.45, 7) is 11.9. The van der Waals surface area contributed by atoms with Gasteiger partial charge in [-0.2, -0.15) is 10.5 Å². The van der Waals surface area contributed by atoms with Crippen molar-refractivity contribution in [2.24, 2.45) is 5.41 Å². The molecule has 0 amide bonds. The van der Waals surface area contributed by atoms with Gasteiger partial charge in [-0.3, -0.25) is 14.5 Å². The van der Waals surface area contributed by atoms with Gasteiger partial charge in [0.1, 0.15) is 12.7 Å². The van der Waals surface area contributed by atoms with Crippen LogP contribution in [-0.4, -0.2) is 48.2 Å². The number of fused-ring (bicyclic) bond motifs is 7. The first-order valence-corrected chi connectivity index (χ1v) is 24.1. The SMILES string of the molecule is C\C(=C/C(C#N)=C/C(C#N)=C1\N(CCOC=O)c2ccc(-c3ccccc3)cc2C1(Cc1ccc(C)cc1)Cc1ccccc1C)C1N(CCC(=O)O)C2c3ccccc3-c3ccccc3C2C1(C)C. The molecule has 4 atom stereocenters. The second-order valence-electron chi connectivity index (χ2n) is 19.7. The van der Waals surface area contributed by atoms with Crippen molar-refractivity contribution in [1.82, 2.24) is 4.90 Å². The molecule has 9 rings (SSSR count). The van der Waals surface area contributed by atoms with Crippen LogP contribution in [0.1, 0.15) is 78.1 Å². The van der Waals surface area contributed by atoms with Crippen molar-refractivity contribution < 1.29 is 19.4 Å². The third kappa shape index (κ3) is 8.65. The molecule has 2 heterocycles. The maximum Gasteiger partial charge on any atom is 0.304 e. The molecule has 0 radical (unpaired) electrons. The second kappa shape index (κ2) is 19.7. The fourth-order valence-corrected chi connectivity index (χ4v) is 12.3. The molecule has 2 aliphatic heterocycles. The fraction of sp³-hybridized carbons (Fsp3) is 0.258. The monoisotopic (exact) mass is 922 g/mol. The predicted octanol–water partition coefficient (Wildman–Crippen LogP) is 12.6. The van der Waals surface area contributed by atoms with E-state index >= 15 is 0 Å². The summed E-state index contributed by atoms with van der Waals surface area (Å²) in [5, 5.41) is 33.0. The number of carboxylic acids is 1. The van der Waals surface area contributed by atoms with Gasteiger partial charge < -0.3 is 14.7 Å². The Morgan fingerprint density at radius 2 is 1.43 bits per heavy atom. The largest absolute Gasteiger partial charge is 0.481 e. The highest BCUT2D eigenvalue weighted by Crippen LogP contribution is 2.63. The van der Waals surface area contributed by atoms with Crippen molar-refractivity contribution in [1.29, 1.82) is 10.5 Å². The molecule has 0 bridgehead atoms. The van der Waals surface area contributed by atoms with E-state index in [1.54, 1.807) is 6.08 Å². The molecule has 1 saturated heterocycles. The van der Waals surface area contributed by atoms with Crippen molar-refractivity contribution in [3.63, 3.8) is 0 Å². The molecule has 0 saturated carbocycles. The van der Waals surface area contributed by atoms with Gasteiger partial charge in [-0.15, -0.1) is 0 Å². The zero-order valence-electron chi connectivity index (χ0n) is 40.5. The maximum atomic E-state index is 12.3. The van der Waals surface area contributed by atoms with Gasteiger partial charge in [0.25, 0.3) is 6.47 Å². The molecule has 6 aromatic carbocycles. The van der Waals surface area contributed by atoms with E-state index < -0.39 is 16.8 Å². The molecule has 8 nitrogen and oxygen atoms in total. The summed E-state index contributed by atoms with van der Waals surface area (Å²) >= 11 is 0. The zero-order valence-corrected chi connectivity index (χ0v) is 40.5. The first kappa shape index (κ1) is 47.3. The highest BCUT2D eigenvalue weighted by atomic mass is 16.5. The summed E-state index contributed by atoms with van der Waals surface area (Å²) in [7, 11) is 0. The Morgan fingerprint density at radius 3 is 2.11 bits per heavy atom. The molecule has 8 heteroatoms. The minimum absolute atomic E-state index is 0.0239. The van der Waals surface area contributed by atoms with Gasteiger partial charge in [0.15, 0.2) is 0 Å². The van der Waals surface area contributed by atoms with Crippen LogP contribution in [0.4, 0.5) is 5.69 Å². The lowest BCUT2D eigenvalue weighted by Crippen LogP contribution is -2.40. The summed E-state index contributed by atoms with van der Waals surface area (Å²) in [6.07, 6.45) is 4.67. The van der Waals surface area contributed by atoms with Crippen molar-refractivity contribution in [3.8, 4) is 34.4 Å². The average molecular weight is 923 g/mol. The molecular formula is C62H58N4O4. The molecule has 350 valence electrons. The summed E-state index contributed by atoms with van der Waals surface area (Å²) in [4.78, 5) is 28.5. The number of aliphatic carboxylic acids is 1. The number of hydrogen-bond acceptors (Lipinski definition) is 7. The fourth-order valence-electron chi connectivity index (χ4n) is 12.3. The summed E-state index contributed by atoms with van der Waals surface area (Å²) in [6, 6.07) is 55.4. The van der Waals surface area contributed by atoms with Gasteiger partial charge in [-0.1, -0.05) is 158 Å². The molecular weight excluding hydrogens is 865 g/mol. The van der Waals surface area contributed by atoms with Gasteiger partial charge in [-0.05, 0) is 119 Å². The van der Waals surface area contributed by atoms with Crippen LogP contribution in [-0.2, 0) is 32.6 Å². The smallest absolute Gasteiger partial charge is 0.304 e.